The lowest BCUT2D eigenvalue weighted by Crippen LogP contribution is -2.42. The average molecular weight is 246 g/mol. The van der Waals surface area contributed by atoms with Crippen molar-refractivity contribution in [1.82, 2.24) is 10.2 Å². The van der Waals surface area contributed by atoms with Crippen LogP contribution in [0.1, 0.15) is 5.56 Å². The Hall–Kier alpha value is -2.48. The van der Waals surface area contributed by atoms with Crippen LogP contribution in [0.2, 0.25) is 0 Å². The second-order valence-corrected chi connectivity index (χ2v) is 3.60. The highest BCUT2D eigenvalue weighted by atomic mass is 16.4. The molecule has 0 fully saturated rings. The molecule has 0 unspecified atom stereocenters. The van der Waals surface area contributed by atoms with Crippen molar-refractivity contribution < 1.29 is 14.7 Å². The van der Waals surface area contributed by atoms with E-state index in [0.29, 0.717) is 6.54 Å². The van der Waals surface area contributed by atoms with Crippen LogP contribution in [0.3, 0.4) is 0 Å². The first-order valence-corrected chi connectivity index (χ1v) is 5.35. The van der Waals surface area contributed by atoms with Crippen LogP contribution >= 0.6 is 0 Å². The van der Waals surface area contributed by atoms with Gasteiger partial charge in [0.05, 0.1) is 6.54 Å². The summed E-state index contributed by atoms with van der Waals surface area (Å²) in [5.41, 5.74) is 0.932. The highest BCUT2D eigenvalue weighted by molar-refractivity contribution is 5.80. The first-order valence-electron chi connectivity index (χ1n) is 5.35. The van der Waals surface area contributed by atoms with Crippen molar-refractivity contribution >= 4 is 12.0 Å². The van der Waals surface area contributed by atoms with Crippen molar-refractivity contribution in [2.45, 2.75) is 6.54 Å². The lowest BCUT2D eigenvalue weighted by Gasteiger charge is -2.18. The summed E-state index contributed by atoms with van der Waals surface area (Å²) < 4.78 is 0. The number of urea groups is 1. The van der Waals surface area contributed by atoms with Gasteiger partial charge in [-0.25, -0.2) is 4.79 Å². The van der Waals surface area contributed by atoms with Gasteiger partial charge in [0.1, 0.15) is 6.54 Å². The first kappa shape index (κ1) is 13.6. The molecule has 0 aliphatic carbocycles. The number of rotatable bonds is 5. The number of aliphatic carboxylic acids is 1. The van der Waals surface area contributed by atoms with Crippen LogP contribution in [0.4, 0.5) is 4.79 Å². The Bertz CT molecular complexity index is 451. The van der Waals surface area contributed by atoms with E-state index in [4.69, 9.17) is 11.5 Å². The summed E-state index contributed by atoms with van der Waals surface area (Å²) in [6, 6.07) is 8.83. The van der Waals surface area contributed by atoms with E-state index >= 15 is 0 Å². The SMILES string of the molecule is C#CCN(CC(=O)O)C(=O)NCc1ccccc1. The van der Waals surface area contributed by atoms with E-state index in [1.807, 2.05) is 30.3 Å². The molecule has 94 valence electrons. The first-order chi connectivity index (χ1) is 8.63. The summed E-state index contributed by atoms with van der Waals surface area (Å²) in [7, 11) is 0. The van der Waals surface area contributed by atoms with Crippen LogP contribution in [0.5, 0.6) is 0 Å². The summed E-state index contributed by atoms with van der Waals surface area (Å²) in [6.45, 7) is -0.113. The van der Waals surface area contributed by atoms with Crippen LogP contribution in [-0.2, 0) is 11.3 Å². The fourth-order valence-corrected chi connectivity index (χ4v) is 1.36. The number of nitrogens with zero attached hydrogens (tertiary/aromatic N) is 1. The molecule has 18 heavy (non-hydrogen) atoms. The third kappa shape index (κ3) is 4.58. The summed E-state index contributed by atoms with van der Waals surface area (Å²) in [5, 5.41) is 11.3. The van der Waals surface area contributed by atoms with Crippen LogP contribution in [0.25, 0.3) is 0 Å². The summed E-state index contributed by atoms with van der Waals surface area (Å²) in [5.74, 6) is 1.16. The van der Waals surface area contributed by atoms with Crippen LogP contribution in [0.15, 0.2) is 30.3 Å². The summed E-state index contributed by atoms with van der Waals surface area (Å²) in [4.78, 5) is 23.3. The number of carboxylic acid groups (broad SMARTS) is 1. The summed E-state index contributed by atoms with van der Waals surface area (Å²) in [6.07, 6.45) is 5.09. The van der Waals surface area contributed by atoms with Crippen LogP contribution < -0.4 is 5.32 Å². The Morgan fingerprint density at radius 1 is 1.33 bits per heavy atom. The van der Waals surface area contributed by atoms with Crippen molar-refractivity contribution in [2.75, 3.05) is 13.1 Å². The molecule has 1 rings (SSSR count). The molecule has 0 radical (unpaired) electrons. The van der Waals surface area contributed by atoms with Gasteiger partial charge in [-0.15, -0.1) is 6.42 Å². The van der Waals surface area contributed by atoms with E-state index in [1.165, 1.54) is 0 Å². The molecule has 0 heterocycles. The molecule has 5 nitrogen and oxygen atoms in total. The second kappa shape index (κ2) is 6.97. The monoisotopic (exact) mass is 246 g/mol. The standard InChI is InChI=1S/C13H14N2O3/c1-2-8-15(10-12(16)17)13(18)14-9-11-6-4-3-5-7-11/h1,3-7H,8-10H2,(H,14,18)(H,16,17). The lowest BCUT2D eigenvalue weighted by molar-refractivity contribution is -0.137. The minimum atomic E-state index is -1.10. The van der Waals surface area contributed by atoms with Crippen LogP contribution in [0, 0.1) is 12.3 Å². The molecule has 0 saturated carbocycles. The molecule has 0 saturated heterocycles. The zero-order valence-corrected chi connectivity index (χ0v) is 9.80. The molecule has 0 atom stereocenters. The molecule has 0 bridgehead atoms. The minimum Gasteiger partial charge on any atom is -0.480 e. The molecule has 0 aliphatic rings. The molecule has 0 aromatic heterocycles. The normalized spacial score (nSPS) is 9.28. The number of hydrogen-bond donors (Lipinski definition) is 2. The molecule has 0 spiro atoms. The molecular weight excluding hydrogens is 232 g/mol. The van der Waals surface area contributed by atoms with E-state index in [2.05, 4.69) is 11.2 Å². The van der Waals surface area contributed by atoms with Crippen molar-refractivity contribution in [3.8, 4) is 12.3 Å². The number of carbonyl (C=O) groups excluding carboxylic acids is 1. The fraction of sp³-hybridized carbons (Fsp3) is 0.231. The number of hydrogen-bond acceptors (Lipinski definition) is 2. The number of carbonyl (C=O) groups is 2. The highest BCUT2D eigenvalue weighted by Gasteiger charge is 2.14. The number of terminal acetylenes is 1. The van der Waals surface area contributed by atoms with Crippen molar-refractivity contribution in [3.05, 3.63) is 35.9 Å². The quantitative estimate of drug-likeness (QED) is 0.759. The molecule has 2 N–H and O–H groups in total. The smallest absolute Gasteiger partial charge is 0.323 e. The van der Waals surface area contributed by atoms with Gasteiger partial charge in [-0.2, -0.15) is 0 Å². The fourth-order valence-electron chi connectivity index (χ4n) is 1.36. The third-order valence-electron chi connectivity index (χ3n) is 2.18. The van der Waals surface area contributed by atoms with Gasteiger partial charge in [0.2, 0.25) is 0 Å². The molecule has 5 heteroatoms. The Morgan fingerprint density at radius 3 is 2.56 bits per heavy atom. The van der Waals surface area contributed by atoms with E-state index in [9.17, 15) is 9.59 Å². The molecule has 0 aliphatic heterocycles. The van der Waals surface area contributed by atoms with Crippen LogP contribution in [-0.4, -0.2) is 35.1 Å². The molecule has 1 aromatic rings. The van der Waals surface area contributed by atoms with E-state index < -0.39 is 18.5 Å². The zero-order chi connectivity index (χ0) is 13.4. The maximum absolute atomic E-state index is 11.7. The van der Waals surface area contributed by atoms with Crippen molar-refractivity contribution in [1.29, 1.82) is 0 Å². The maximum Gasteiger partial charge on any atom is 0.323 e. The van der Waals surface area contributed by atoms with E-state index in [1.54, 1.807) is 0 Å². The lowest BCUT2D eigenvalue weighted by atomic mass is 10.2. The number of amides is 2. The Labute approximate surface area is 105 Å². The molecule has 2 amide bonds. The average Bonchev–Trinajstić information content (AvgIpc) is 2.36. The van der Waals surface area contributed by atoms with Crippen molar-refractivity contribution in [2.24, 2.45) is 0 Å². The summed E-state index contributed by atoms with van der Waals surface area (Å²) >= 11 is 0. The largest absolute Gasteiger partial charge is 0.480 e. The van der Waals surface area contributed by atoms with E-state index in [0.717, 1.165) is 10.5 Å². The van der Waals surface area contributed by atoms with Gasteiger partial charge in [-0.1, -0.05) is 36.3 Å². The van der Waals surface area contributed by atoms with Gasteiger partial charge in [0, 0.05) is 6.54 Å². The maximum atomic E-state index is 11.7. The van der Waals surface area contributed by atoms with Gasteiger partial charge in [0.25, 0.3) is 0 Å². The van der Waals surface area contributed by atoms with Gasteiger partial charge >= 0.3 is 12.0 Å². The number of benzene rings is 1. The van der Waals surface area contributed by atoms with Crippen molar-refractivity contribution in [3.63, 3.8) is 0 Å². The highest BCUT2D eigenvalue weighted by Crippen LogP contribution is 1.98. The predicted molar refractivity (Wildman–Crippen MR) is 66.7 cm³/mol. The Kier molecular flexibility index (Phi) is 5.26. The van der Waals surface area contributed by atoms with Gasteiger partial charge in [-0.05, 0) is 5.56 Å². The predicted octanol–water partition coefficient (Wildman–Crippen LogP) is 0.916. The Balaban J connectivity index is 2.52. The number of carboxylic acids is 1. The molecule has 1 aromatic carbocycles. The third-order valence-corrected chi connectivity index (χ3v) is 2.18. The molecular formula is C13H14N2O3. The van der Waals surface area contributed by atoms with Gasteiger partial charge < -0.3 is 15.3 Å². The van der Waals surface area contributed by atoms with Gasteiger partial charge in [0.15, 0.2) is 0 Å². The minimum absolute atomic E-state index is 0.0348. The zero-order valence-electron chi connectivity index (χ0n) is 9.80. The van der Waals surface area contributed by atoms with E-state index in [-0.39, 0.29) is 6.54 Å². The topological polar surface area (TPSA) is 69.6 Å². The Morgan fingerprint density at radius 2 is 2.00 bits per heavy atom. The number of nitrogens with one attached hydrogen (secondary N) is 1. The van der Waals surface area contributed by atoms with Gasteiger partial charge in [-0.3, -0.25) is 4.79 Å². The second-order valence-electron chi connectivity index (χ2n) is 3.60.